The second kappa shape index (κ2) is 6.31. The summed E-state index contributed by atoms with van der Waals surface area (Å²) in [6.45, 7) is 2.05. The summed E-state index contributed by atoms with van der Waals surface area (Å²) in [4.78, 5) is 24.9. The van der Waals surface area contributed by atoms with E-state index in [2.05, 4.69) is 20.4 Å². The zero-order valence-corrected chi connectivity index (χ0v) is 16.3. The molecule has 1 unspecified atom stereocenters. The molecule has 1 aliphatic carbocycles. The number of benzene rings is 1. The molecule has 8 heteroatoms. The van der Waals surface area contributed by atoms with Crippen LogP contribution in [0.1, 0.15) is 30.1 Å². The summed E-state index contributed by atoms with van der Waals surface area (Å²) in [6.07, 6.45) is 5.69. The topological polar surface area (TPSA) is 88.5 Å². The number of aryl methyl sites for hydroxylation is 1. The van der Waals surface area contributed by atoms with E-state index in [1.165, 1.54) is 12.8 Å². The van der Waals surface area contributed by atoms with Gasteiger partial charge < -0.3 is 10.3 Å². The van der Waals surface area contributed by atoms with Crippen molar-refractivity contribution in [2.45, 2.75) is 25.8 Å². The molecule has 0 saturated heterocycles. The summed E-state index contributed by atoms with van der Waals surface area (Å²) in [6, 6.07) is 5.79. The average Bonchev–Trinajstić information content (AvgIpc) is 3.37. The summed E-state index contributed by atoms with van der Waals surface area (Å²) in [5, 5.41) is 9.25. The Morgan fingerprint density at radius 1 is 1.39 bits per heavy atom. The highest BCUT2D eigenvalue weighted by Gasteiger charge is 2.29. The van der Waals surface area contributed by atoms with Gasteiger partial charge in [0.2, 0.25) is 0 Å². The fourth-order valence-corrected chi connectivity index (χ4v) is 3.76. The van der Waals surface area contributed by atoms with Gasteiger partial charge in [0.25, 0.3) is 5.91 Å². The Bertz CT molecular complexity index is 1220. The van der Waals surface area contributed by atoms with Gasteiger partial charge in [-0.15, -0.1) is 0 Å². The SMILES string of the molecule is CC(NC(=O)c1c[nH]c2ncc(-c3nn(C)c4cc(Cl)ccc34)nc12)C1CC1. The van der Waals surface area contributed by atoms with Gasteiger partial charge in [-0.05, 0) is 43.9 Å². The number of nitrogens with zero attached hydrogens (tertiary/aromatic N) is 4. The van der Waals surface area contributed by atoms with Gasteiger partial charge in [0, 0.05) is 29.7 Å². The Kier molecular flexibility index (Phi) is 3.87. The van der Waals surface area contributed by atoms with Crippen LogP contribution in [0.25, 0.3) is 33.5 Å². The van der Waals surface area contributed by atoms with Crippen molar-refractivity contribution in [2.75, 3.05) is 0 Å². The number of aromatic amines is 1. The zero-order valence-electron chi connectivity index (χ0n) is 15.5. The quantitative estimate of drug-likeness (QED) is 0.552. The summed E-state index contributed by atoms with van der Waals surface area (Å²) in [5.74, 6) is 0.456. The lowest BCUT2D eigenvalue weighted by Gasteiger charge is -2.11. The Morgan fingerprint density at radius 3 is 3.00 bits per heavy atom. The van der Waals surface area contributed by atoms with Crippen LogP contribution in [0.3, 0.4) is 0 Å². The van der Waals surface area contributed by atoms with E-state index in [0.29, 0.717) is 39.1 Å². The number of aromatic nitrogens is 5. The van der Waals surface area contributed by atoms with Crippen LogP contribution in [0.5, 0.6) is 0 Å². The third-order valence-electron chi connectivity index (χ3n) is 5.37. The van der Waals surface area contributed by atoms with Crippen molar-refractivity contribution in [3.05, 3.63) is 41.2 Å². The molecule has 0 radical (unpaired) electrons. The molecule has 0 spiro atoms. The molecule has 142 valence electrons. The number of amides is 1. The van der Waals surface area contributed by atoms with E-state index in [4.69, 9.17) is 16.6 Å². The van der Waals surface area contributed by atoms with E-state index >= 15 is 0 Å². The minimum absolute atomic E-state index is 0.130. The maximum Gasteiger partial charge on any atom is 0.255 e. The van der Waals surface area contributed by atoms with Gasteiger partial charge in [-0.2, -0.15) is 5.10 Å². The molecule has 0 bridgehead atoms. The van der Waals surface area contributed by atoms with Gasteiger partial charge in [0.15, 0.2) is 5.65 Å². The van der Waals surface area contributed by atoms with E-state index < -0.39 is 0 Å². The van der Waals surface area contributed by atoms with Gasteiger partial charge >= 0.3 is 0 Å². The second-order valence-electron chi connectivity index (χ2n) is 7.39. The van der Waals surface area contributed by atoms with Crippen molar-refractivity contribution in [3.8, 4) is 11.4 Å². The number of hydrogen-bond acceptors (Lipinski definition) is 4. The van der Waals surface area contributed by atoms with Crippen LogP contribution in [-0.2, 0) is 7.05 Å². The van der Waals surface area contributed by atoms with E-state index in [9.17, 15) is 4.79 Å². The lowest BCUT2D eigenvalue weighted by atomic mass is 10.1. The third kappa shape index (κ3) is 2.82. The number of H-pyrrole nitrogens is 1. The van der Waals surface area contributed by atoms with Crippen LogP contribution in [-0.4, -0.2) is 36.7 Å². The molecule has 1 aliphatic rings. The van der Waals surface area contributed by atoms with Gasteiger partial charge in [-0.3, -0.25) is 9.48 Å². The number of nitrogens with one attached hydrogen (secondary N) is 2. The molecule has 28 heavy (non-hydrogen) atoms. The predicted octanol–water partition coefficient (Wildman–Crippen LogP) is 3.69. The van der Waals surface area contributed by atoms with Crippen LogP contribution in [0, 0.1) is 5.92 Å². The van der Waals surface area contributed by atoms with Crippen molar-refractivity contribution < 1.29 is 4.79 Å². The summed E-state index contributed by atoms with van der Waals surface area (Å²) in [7, 11) is 1.86. The molecule has 2 N–H and O–H groups in total. The molecule has 0 aliphatic heterocycles. The molecular weight excluding hydrogens is 376 g/mol. The lowest BCUT2D eigenvalue weighted by molar-refractivity contribution is 0.0937. The minimum Gasteiger partial charge on any atom is -0.349 e. The van der Waals surface area contributed by atoms with E-state index in [0.717, 1.165) is 10.9 Å². The van der Waals surface area contributed by atoms with Crippen LogP contribution in [0.2, 0.25) is 5.02 Å². The summed E-state index contributed by atoms with van der Waals surface area (Å²) < 4.78 is 1.77. The van der Waals surface area contributed by atoms with Crippen LogP contribution in [0.4, 0.5) is 0 Å². The first-order chi connectivity index (χ1) is 13.5. The van der Waals surface area contributed by atoms with Gasteiger partial charge in [-0.25, -0.2) is 9.97 Å². The zero-order chi connectivity index (χ0) is 19.4. The first-order valence-electron chi connectivity index (χ1n) is 9.29. The highest BCUT2D eigenvalue weighted by molar-refractivity contribution is 6.31. The molecule has 3 heterocycles. The molecule has 3 aromatic heterocycles. The number of halogens is 1. The molecule has 7 nitrogen and oxygen atoms in total. The Hall–Kier alpha value is -2.93. The monoisotopic (exact) mass is 394 g/mol. The Balaban J connectivity index is 1.57. The number of fused-ring (bicyclic) bond motifs is 2. The van der Waals surface area contributed by atoms with E-state index in [-0.39, 0.29) is 11.9 Å². The predicted molar refractivity (Wildman–Crippen MR) is 108 cm³/mol. The Labute approximate surface area is 166 Å². The van der Waals surface area contributed by atoms with Gasteiger partial charge in [0.1, 0.15) is 16.9 Å². The van der Waals surface area contributed by atoms with Crippen LogP contribution >= 0.6 is 11.6 Å². The van der Waals surface area contributed by atoms with E-state index in [1.54, 1.807) is 17.1 Å². The number of rotatable bonds is 4. The fourth-order valence-electron chi connectivity index (χ4n) is 3.60. The third-order valence-corrected chi connectivity index (χ3v) is 5.60. The van der Waals surface area contributed by atoms with Crippen LogP contribution in [0.15, 0.2) is 30.6 Å². The molecule has 1 fully saturated rings. The molecule has 1 amide bonds. The van der Waals surface area contributed by atoms with Crippen molar-refractivity contribution >= 4 is 39.6 Å². The summed E-state index contributed by atoms with van der Waals surface area (Å²) >= 11 is 6.12. The minimum atomic E-state index is -0.130. The van der Waals surface area contributed by atoms with Gasteiger partial charge in [-0.1, -0.05) is 11.6 Å². The first-order valence-corrected chi connectivity index (χ1v) is 9.66. The fraction of sp³-hybridized carbons (Fsp3) is 0.300. The average molecular weight is 395 g/mol. The first kappa shape index (κ1) is 17.2. The number of carbonyl (C=O) groups is 1. The standard InChI is InChI=1S/C20H19ClN6O/c1-10(11-3-4-11)24-20(28)14-8-22-19-18(14)25-15(9-23-19)17-13-6-5-12(21)7-16(13)27(2)26-17/h5-11H,3-4H2,1-2H3,(H,22,23)(H,24,28). The second-order valence-corrected chi connectivity index (χ2v) is 7.82. The van der Waals surface area contributed by atoms with Crippen molar-refractivity contribution in [2.24, 2.45) is 13.0 Å². The highest BCUT2D eigenvalue weighted by atomic mass is 35.5. The molecule has 1 aromatic carbocycles. The number of carbonyl (C=O) groups excluding carboxylic acids is 1. The van der Waals surface area contributed by atoms with Crippen LogP contribution < -0.4 is 5.32 Å². The molecule has 1 saturated carbocycles. The molecule has 4 aromatic rings. The van der Waals surface area contributed by atoms with Gasteiger partial charge in [0.05, 0.1) is 17.3 Å². The maximum atomic E-state index is 12.7. The maximum absolute atomic E-state index is 12.7. The molecule has 1 atom stereocenters. The largest absolute Gasteiger partial charge is 0.349 e. The molecular formula is C20H19ClN6O. The van der Waals surface area contributed by atoms with E-state index in [1.807, 2.05) is 32.2 Å². The normalized spacial score (nSPS) is 15.2. The van der Waals surface area contributed by atoms with Crippen molar-refractivity contribution in [3.63, 3.8) is 0 Å². The number of hydrogen-bond donors (Lipinski definition) is 2. The van der Waals surface area contributed by atoms with Crippen molar-refractivity contribution in [1.29, 1.82) is 0 Å². The highest BCUT2D eigenvalue weighted by Crippen LogP contribution is 2.33. The molecule has 5 rings (SSSR count). The summed E-state index contributed by atoms with van der Waals surface area (Å²) in [5.41, 5.74) is 3.86. The lowest BCUT2D eigenvalue weighted by Crippen LogP contribution is -2.33. The van der Waals surface area contributed by atoms with Crippen molar-refractivity contribution in [1.82, 2.24) is 30.0 Å². The smallest absolute Gasteiger partial charge is 0.255 e. The Morgan fingerprint density at radius 2 is 2.21 bits per heavy atom.